The van der Waals surface area contributed by atoms with E-state index in [0.29, 0.717) is 23.7 Å². The summed E-state index contributed by atoms with van der Waals surface area (Å²) in [6, 6.07) is 20.0. The van der Waals surface area contributed by atoms with E-state index in [2.05, 4.69) is 22.3 Å². The largest absolute Gasteiger partial charge is 0.356 e. The van der Waals surface area contributed by atoms with E-state index in [0.717, 1.165) is 47.5 Å². The van der Waals surface area contributed by atoms with Crippen molar-refractivity contribution in [1.29, 1.82) is 0 Å². The molecule has 1 fully saturated rings. The van der Waals surface area contributed by atoms with Crippen molar-refractivity contribution in [2.24, 2.45) is 0 Å². The zero-order chi connectivity index (χ0) is 22.8. The number of hydrogen-bond donors (Lipinski definition) is 0. The summed E-state index contributed by atoms with van der Waals surface area (Å²) in [5.41, 5.74) is 5.55. The van der Waals surface area contributed by atoms with E-state index < -0.39 is 0 Å². The van der Waals surface area contributed by atoms with E-state index in [4.69, 9.17) is 9.51 Å². The molecule has 1 atom stereocenters. The van der Waals surface area contributed by atoms with E-state index in [-0.39, 0.29) is 11.8 Å². The fourth-order valence-corrected chi connectivity index (χ4v) is 4.48. The van der Waals surface area contributed by atoms with Gasteiger partial charge in [0.05, 0.1) is 17.0 Å². The zero-order valence-electron chi connectivity index (χ0n) is 18.9. The van der Waals surface area contributed by atoms with Crippen molar-refractivity contribution in [2.45, 2.75) is 32.6 Å². The molecule has 0 radical (unpaired) electrons. The summed E-state index contributed by atoms with van der Waals surface area (Å²) in [4.78, 5) is 24.4. The molecular weight excluding hydrogens is 412 g/mol. The Morgan fingerprint density at radius 1 is 1.03 bits per heavy atom. The van der Waals surface area contributed by atoms with Crippen LogP contribution in [0.25, 0.3) is 22.5 Å². The summed E-state index contributed by atoms with van der Waals surface area (Å²) in [6.07, 6.45) is 3.70. The van der Waals surface area contributed by atoms with Crippen LogP contribution >= 0.6 is 0 Å². The van der Waals surface area contributed by atoms with E-state index in [1.807, 2.05) is 67.3 Å². The fraction of sp³-hybridized carbons (Fsp3) is 0.259. The first-order chi connectivity index (χ1) is 16.1. The van der Waals surface area contributed by atoms with Gasteiger partial charge in [0.1, 0.15) is 5.82 Å². The average molecular weight is 439 g/mol. The molecule has 33 heavy (non-hydrogen) atoms. The monoisotopic (exact) mass is 438 g/mol. The van der Waals surface area contributed by atoms with Crippen LogP contribution in [0.3, 0.4) is 0 Å². The zero-order valence-corrected chi connectivity index (χ0v) is 18.9. The lowest BCUT2D eigenvalue weighted by Gasteiger charge is -2.33. The molecule has 6 nitrogen and oxygen atoms in total. The number of aromatic nitrogens is 3. The molecule has 0 spiro atoms. The molecule has 4 aromatic rings. The topological polar surface area (TPSA) is 72.1 Å². The molecule has 3 heterocycles. The number of amides is 1. The Bertz CT molecular complexity index is 1270. The molecule has 2 aromatic carbocycles. The lowest BCUT2D eigenvalue weighted by atomic mass is 9.90. The van der Waals surface area contributed by atoms with Gasteiger partial charge in [-0.3, -0.25) is 4.79 Å². The van der Waals surface area contributed by atoms with E-state index in [9.17, 15) is 4.79 Å². The number of likely N-dealkylation sites (tertiary alicyclic amines) is 1. The van der Waals surface area contributed by atoms with E-state index in [1.54, 1.807) is 6.20 Å². The number of carbonyl (C=O) groups is 1. The van der Waals surface area contributed by atoms with Gasteiger partial charge in [0.15, 0.2) is 5.76 Å². The second-order valence-corrected chi connectivity index (χ2v) is 8.58. The predicted octanol–water partition coefficient (Wildman–Crippen LogP) is 5.44. The summed E-state index contributed by atoms with van der Waals surface area (Å²) in [5, 5.41) is 4.02. The maximum Gasteiger partial charge on any atom is 0.253 e. The number of piperidine rings is 1. The minimum Gasteiger partial charge on any atom is -0.356 e. The lowest BCUT2D eigenvalue weighted by Crippen LogP contribution is -2.39. The molecule has 0 aliphatic carbocycles. The van der Waals surface area contributed by atoms with Crippen molar-refractivity contribution in [3.05, 3.63) is 89.6 Å². The van der Waals surface area contributed by atoms with Gasteiger partial charge in [0, 0.05) is 36.8 Å². The van der Waals surface area contributed by atoms with Gasteiger partial charge in [-0.05, 0) is 49.9 Å². The third-order valence-electron chi connectivity index (χ3n) is 6.17. The van der Waals surface area contributed by atoms with Gasteiger partial charge in [0.25, 0.3) is 5.91 Å². The number of carbonyl (C=O) groups excluding carboxylic acids is 1. The summed E-state index contributed by atoms with van der Waals surface area (Å²) in [6.45, 7) is 5.15. The highest BCUT2D eigenvalue weighted by Crippen LogP contribution is 2.34. The molecule has 0 bridgehead atoms. The maximum atomic E-state index is 13.3. The summed E-state index contributed by atoms with van der Waals surface area (Å²) in [7, 11) is 0. The van der Waals surface area contributed by atoms with Crippen LogP contribution in [0.15, 0.2) is 71.4 Å². The van der Waals surface area contributed by atoms with Gasteiger partial charge in [-0.1, -0.05) is 47.6 Å². The molecule has 0 saturated carbocycles. The fourth-order valence-electron chi connectivity index (χ4n) is 4.48. The molecule has 1 aliphatic heterocycles. The third kappa shape index (κ3) is 4.42. The van der Waals surface area contributed by atoms with E-state index in [1.165, 1.54) is 0 Å². The highest BCUT2D eigenvalue weighted by molar-refractivity contribution is 5.94. The van der Waals surface area contributed by atoms with Gasteiger partial charge < -0.3 is 9.42 Å². The normalized spacial score (nSPS) is 16.1. The van der Waals surface area contributed by atoms with Crippen molar-refractivity contribution in [2.75, 3.05) is 13.1 Å². The van der Waals surface area contributed by atoms with Crippen LogP contribution in [0, 0.1) is 13.8 Å². The smallest absolute Gasteiger partial charge is 0.253 e. The number of hydrogen-bond acceptors (Lipinski definition) is 5. The molecule has 166 valence electrons. The Hall–Kier alpha value is -3.80. The minimum atomic E-state index is 0.0575. The van der Waals surface area contributed by atoms with Crippen molar-refractivity contribution < 1.29 is 9.32 Å². The van der Waals surface area contributed by atoms with Crippen LogP contribution in [-0.2, 0) is 0 Å². The summed E-state index contributed by atoms with van der Waals surface area (Å²) >= 11 is 0. The van der Waals surface area contributed by atoms with Crippen LogP contribution in [0.5, 0.6) is 0 Å². The van der Waals surface area contributed by atoms with E-state index >= 15 is 0 Å². The number of aryl methyl sites for hydroxylation is 2. The first kappa shape index (κ1) is 21.1. The van der Waals surface area contributed by atoms with Crippen LogP contribution in [0.4, 0.5) is 0 Å². The quantitative estimate of drug-likeness (QED) is 0.424. The Morgan fingerprint density at radius 3 is 2.52 bits per heavy atom. The highest BCUT2D eigenvalue weighted by Gasteiger charge is 2.29. The van der Waals surface area contributed by atoms with Crippen molar-refractivity contribution >= 4 is 5.91 Å². The molecule has 0 N–H and O–H groups in total. The minimum absolute atomic E-state index is 0.0575. The first-order valence-electron chi connectivity index (χ1n) is 11.3. The van der Waals surface area contributed by atoms with Crippen LogP contribution in [0.2, 0.25) is 0 Å². The number of benzene rings is 2. The molecule has 6 heteroatoms. The molecule has 2 aromatic heterocycles. The van der Waals surface area contributed by atoms with Crippen molar-refractivity contribution in [1.82, 2.24) is 20.0 Å². The van der Waals surface area contributed by atoms with Gasteiger partial charge >= 0.3 is 0 Å². The van der Waals surface area contributed by atoms with Gasteiger partial charge in [-0.15, -0.1) is 0 Å². The average Bonchev–Trinajstić information content (AvgIpc) is 3.30. The number of rotatable bonds is 4. The van der Waals surface area contributed by atoms with Gasteiger partial charge in [-0.2, -0.15) is 0 Å². The second kappa shape index (κ2) is 8.98. The Balaban J connectivity index is 1.37. The molecule has 1 saturated heterocycles. The summed E-state index contributed by atoms with van der Waals surface area (Å²) in [5.74, 6) is 1.56. The second-order valence-electron chi connectivity index (χ2n) is 8.58. The molecular formula is C27H26N4O2. The Kier molecular flexibility index (Phi) is 5.73. The maximum absolute atomic E-state index is 13.3. The Morgan fingerprint density at radius 2 is 1.79 bits per heavy atom. The SMILES string of the molecule is Cc1cc(-c2cnc(C)nc2C2CCCN(C(=O)c3ccc(-c4ccccc4)cc3)C2)on1. The van der Waals surface area contributed by atoms with Gasteiger partial charge in [0.2, 0.25) is 0 Å². The molecule has 5 rings (SSSR count). The van der Waals surface area contributed by atoms with Crippen molar-refractivity contribution in [3.63, 3.8) is 0 Å². The first-order valence-corrected chi connectivity index (χ1v) is 11.3. The highest BCUT2D eigenvalue weighted by atomic mass is 16.5. The molecule has 1 aliphatic rings. The Labute approximate surface area is 193 Å². The standard InChI is InChI=1S/C27H26N4O2/c1-18-15-25(33-30-18)24-16-28-19(2)29-26(24)23-9-6-14-31(17-23)27(32)22-12-10-21(11-13-22)20-7-4-3-5-8-20/h3-5,7-8,10-13,15-16,23H,6,9,14,17H2,1-2H3. The van der Waals surface area contributed by atoms with Crippen LogP contribution in [0.1, 0.15) is 46.3 Å². The molecule has 1 unspecified atom stereocenters. The molecule has 1 amide bonds. The van der Waals surface area contributed by atoms with Gasteiger partial charge in [-0.25, -0.2) is 9.97 Å². The lowest BCUT2D eigenvalue weighted by molar-refractivity contribution is 0.0706. The third-order valence-corrected chi connectivity index (χ3v) is 6.17. The van der Waals surface area contributed by atoms with Crippen molar-refractivity contribution in [3.8, 4) is 22.5 Å². The summed E-state index contributed by atoms with van der Waals surface area (Å²) < 4.78 is 5.50. The van der Waals surface area contributed by atoms with Crippen LogP contribution < -0.4 is 0 Å². The predicted molar refractivity (Wildman–Crippen MR) is 127 cm³/mol. The number of nitrogens with zero attached hydrogens (tertiary/aromatic N) is 4. The van der Waals surface area contributed by atoms with Crippen LogP contribution in [-0.4, -0.2) is 39.0 Å².